The largest absolute Gasteiger partial charge is 0.480 e. The maximum Gasteiger partial charge on any atom is 0.326 e. The van der Waals surface area contributed by atoms with Gasteiger partial charge in [-0.3, -0.25) is 4.79 Å². The molecule has 8 heteroatoms. The minimum Gasteiger partial charge on any atom is -0.480 e. The fourth-order valence-electron chi connectivity index (χ4n) is 2.03. The molecule has 1 amide bonds. The van der Waals surface area contributed by atoms with Crippen molar-refractivity contribution in [2.75, 3.05) is 0 Å². The van der Waals surface area contributed by atoms with Crippen LogP contribution < -0.4 is 5.32 Å². The average molecular weight is 335 g/mol. The number of carbonyl (C=O) groups excluding carboxylic acids is 1. The zero-order chi connectivity index (χ0) is 17.7. The normalized spacial score (nSPS) is 12.0. The van der Waals surface area contributed by atoms with Crippen LogP contribution in [-0.4, -0.2) is 33.2 Å². The maximum absolute atomic E-state index is 13.6. The Morgan fingerprint density at radius 1 is 1.42 bits per heavy atom. The number of carboxylic acids is 1. The lowest BCUT2D eigenvalue weighted by Gasteiger charge is -2.11. The molecule has 1 atom stereocenters. The van der Waals surface area contributed by atoms with Crippen molar-refractivity contribution in [3.63, 3.8) is 0 Å². The molecule has 0 radical (unpaired) electrons. The SMILES string of the molecule is CCC(NC(=O)CCc1nc(-c2ccc(C)c(F)c2)no1)C(=O)O. The Labute approximate surface area is 137 Å². The van der Waals surface area contributed by atoms with Gasteiger partial charge in [-0.25, -0.2) is 9.18 Å². The number of halogens is 1. The van der Waals surface area contributed by atoms with Crippen LogP contribution >= 0.6 is 0 Å². The summed E-state index contributed by atoms with van der Waals surface area (Å²) in [5.74, 6) is -1.39. The molecule has 2 N–H and O–H groups in total. The molecule has 2 rings (SSSR count). The van der Waals surface area contributed by atoms with Crippen LogP contribution in [0.5, 0.6) is 0 Å². The van der Waals surface area contributed by atoms with Gasteiger partial charge in [-0.1, -0.05) is 24.2 Å². The molecule has 24 heavy (non-hydrogen) atoms. The standard InChI is InChI=1S/C16H18FN3O4/c1-3-12(16(22)23)18-13(21)6-7-14-19-15(20-24-14)10-5-4-9(2)11(17)8-10/h4-5,8,12H,3,6-7H2,1-2H3,(H,18,21)(H,22,23). The molecule has 0 bridgehead atoms. The molecular weight excluding hydrogens is 317 g/mol. The highest BCUT2D eigenvalue weighted by Gasteiger charge is 2.18. The Morgan fingerprint density at radius 2 is 2.17 bits per heavy atom. The number of aromatic nitrogens is 2. The summed E-state index contributed by atoms with van der Waals surface area (Å²) < 4.78 is 18.6. The third-order valence-electron chi connectivity index (χ3n) is 3.51. The van der Waals surface area contributed by atoms with E-state index in [0.29, 0.717) is 17.5 Å². The third kappa shape index (κ3) is 4.37. The topological polar surface area (TPSA) is 105 Å². The number of rotatable bonds is 7. The van der Waals surface area contributed by atoms with Gasteiger partial charge in [0.05, 0.1) is 0 Å². The minimum absolute atomic E-state index is 0.0215. The number of amides is 1. The summed E-state index contributed by atoms with van der Waals surface area (Å²) in [6.45, 7) is 3.32. The summed E-state index contributed by atoms with van der Waals surface area (Å²) in [7, 11) is 0. The Bertz CT molecular complexity index is 745. The zero-order valence-electron chi connectivity index (χ0n) is 13.4. The molecule has 0 fully saturated rings. The van der Waals surface area contributed by atoms with Gasteiger partial charge in [0.15, 0.2) is 0 Å². The van der Waals surface area contributed by atoms with Gasteiger partial charge in [-0.15, -0.1) is 0 Å². The molecule has 0 aliphatic carbocycles. The number of nitrogens with one attached hydrogen (secondary N) is 1. The fraction of sp³-hybridized carbons (Fsp3) is 0.375. The summed E-state index contributed by atoms with van der Waals surface area (Å²) in [5, 5.41) is 15.1. The molecule has 0 saturated carbocycles. The molecule has 1 heterocycles. The Kier molecular flexibility index (Phi) is 5.62. The predicted octanol–water partition coefficient (Wildman–Crippen LogP) is 2.10. The summed E-state index contributed by atoms with van der Waals surface area (Å²) >= 11 is 0. The van der Waals surface area contributed by atoms with E-state index in [1.807, 2.05) is 0 Å². The second kappa shape index (κ2) is 7.67. The van der Waals surface area contributed by atoms with Crippen LogP contribution in [0.4, 0.5) is 4.39 Å². The summed E-state index contributed by atoms with van der Waals surface area (Å²) in [5.41, 5.74) is 0.998. The van der Waals surface area contributed by atoms with E-state index in [-0.39, 0.29) is 30.4 Å². The number of hydrogen-bond donors (Lipinski definition) is 2. The van der Waals surface area contributed by atoms with Crippen LogP contribution in [-0.2, 0) is 16.0 Å². The van der Waals surface area contributed by atoms with Crippen LogP contribution in [0.25, 0.3) is 11.4 Å². The zero-order valence-corrected chi connectivity index (χ0v) is 13.4. The van der Waals surface area contributed by atoms with Gasteiger partial charge in [0.25, 0.3) is 0 Å². The summed E-state index contributed by atoms with van der Waals surface area (Å²) in [4.78, 5) is 26.7. The van der Waals surface area contributed by atoms with Gasteiger partial charge >= 0.3 is 5.97 Å². The summed E-state index contributed by atoms with van der Waals surface area (Å²) in [6, 6.07) is 3.70. The number of carboxylic acid groups (broad SMARTS) is 1. The van der Waals surface area contributed by atoms with Gasteiger partial charge in [-0.05, 0) is 25.0 Å². The molecule has 1 unspecified atom stereocenters. The van der Waals surface area contributed by atoms with Crippen LogP contribution in [0.1, 0.15) is 31.2 Å². The quantitative estimate of drug-likeness (QED) is 0.803. The van der Waals surface area contributed by atoms with Crippen LogP contribution in [0.15, 0.2) is 22.7 Å². The van der Waals surface area contributed by atoms with E-state index in [0.717, 1.165) is 0 Å². The van der Waals surface area contributed by atoms with E-state index in [1.165, 1.54) is 6.07 Å². The van der Waals surface area contributed by atoms with Gasteiger partial charge in [0, 0.05) is 18.4 Å². The number of carbonyl (C=O) groups is 2. The van der Waals surface area contributed by atoms with Gasteiger partial charge in [-0.2, -0.15) is 4.98 Å². The number of aryl methyl sites for hydroxylation is 2. The highest BCUT2D eigenvalue weighted by atomic mass is 19.1. The lowest BCUT2D eigenvalue weighted by Crippen LogP contribution is -2.40. The fourth-order valence-corrected chi connectivity index (χ4v) is 2.03. The van der Waals surface area contributed by atoms with Crippen LogP contribution in [0, 0.1) is 12.7 Å². The van der Waals surface area contributed by atoms with E-state index in [2.05, 4.69) is 15.5 Å². The maximum atomic E-state index is 13.6. The molecule has 128 valence electrons. The Hall–Kier alpha value is -2.77. The van der Waals surface area contributed by atoms with Crippen molar-refractivity contribution in [3.05, 3.63) is 35.5 Å². The first-order chi connectivity index (χ1) is 11.4. The molecule has 0 aliphatic heterocycles. The third-order valence-corrected chi connectivity index (χ3v) is 3.51. The van der Waals surface area contributed by atoms with E-state index >= 15 is 0 Å². The van der Waals surface area contributed by atoms with Crippen LogP contribution in [0.3, 0.4) is 0 Å². The lowest BCUT2D eigenvalue weighted by atomic mass is 10.1. The number of nitrogens with zero attached hydrogens (tertiary/aromatic N) is 2. The van der Waals surface area contributed by atoms with E-state index in [1.54, 1.807) is 26.0 Å². The van der Waals surface area contributed by atoms with Crippen molar-refractivity contribution in [3.8, 4) is 11.4 Å². The molecule has 2 aromatic rings. The first-order valence-corrected chi connectivity index (χ1v) is 7.52. The molecule has 0 spiro atoms. The second-order valence-electron chi connectivity index (χ2n) is 5.34. The van der Waals surface area contributed by atoms with E-state index < -0.39 is 17.9 Å². The molecule has 1 aromatic carbocycles. The van der Waals surface area contributed by atoms with Crippen molar-refractivity contribution < 1.29 is 23.6 Å². The van der Waals surface area contributed by atoms with Gasteiger partial charge < -0.3 is 14.9 Å². The van der Waals surface area contributed by atoms with Crippen molar-refractivity contribution >= 4 is 11.9 Å². The van der Waals surface area contributed by atoms with Gasteiger partial charge in [0.2, 0.25) is 17.6 Å². The minimum atomic E-state index is -1.08. The number of benzene rings is 1. The lowest BCUT2D eigenvalue weighted by molar-refractivity contribution is -0.141. The first kappa shape index (κ1) is 17.6. The Balaban J connectivity index is 1.95. The number of aliphatic carboxylic acids is 1. The second-order valence-corrected chi connectivity index (χ2v) is 5.34. The molecule has 7 nitrogen and oxygen atoms in total. The molecule has 0 aliphatic rings. The molecule has 0 saturated heterocycles. The summed E-state index contributed by atoms with van der Waals surface area (Å²) in [6.07, 6.45) is 0.488. The smallest absolute Gasteiger partial charge is 0.326 e. The van der Waals surface area contributed by atoms with Crippen molar-refractivity contribution in [1.82, 2.24) is 15.5 Å². The number of hydrogen-bond acceptors (Lipinski definition) is 5. The predicted molar refractivity (Wildman–Crippen MR) is 82.6 cm³/mol. The highest BCUT2D eigenvalue weighted by Crippen LogP contribution is 2.19. The van der Waals surface area contributed by atoms with E-state index in [9.17, 15) is 14.0 Å². The molecular formula is C16H18FN3O4. The van der Waals surface area contributed by atoms with Crippen molar-refractivity contribution in [2.45, 2.75) is 39.2 Å². The van der Waals surface area contributed by atoms with Gasteiger partial charge in [0.1, 0.15) is 11.9 Å². The monoisotopic (exact) mass is 335 g/mol. The van der Waals surface area contributed by atoms with Crippen LogP contribution in [0.2, 0.25) is 0 Å². The molecule has 1 aromatic heterocycles. The van der Waals surface area contributed by atoms with Crippen molar-refractivity contribution in [1.29, 1.82) is 0 Å². The first-order valence-electron chi connectivity index (χ1n) is 7.52. The van der Waals surface area contributed by atoms with Crippen molar-refractivity contribution in [2.24, 2.45) is 0 Å². The average Bonchev–Trinajstić information content (AvgIpc) is 3.02. The Morgan fingerprint density at radius 3 is 2.79 bits per heavy atom. The van der Waals surface area contributed by atoms with E-state index in [4.69, 9.17) is 9.63 Å². The highest BCUT2D eigenvalue weighted by molar-refractivity contribution is 5.83.